The Balaban J connectivity index is 1.48. The van der Waals surface area contributed by atoms with E-state index in [-0.39, 0.29) is 23.5 Å². The maximum Gasteiger partial charge on any atom is 0.226 e. The molecule has 2 aliphatic rings. The summed E-state index contributed by atoms with van der Waals surface area (Å²) in [6.07, 6.45) is 10.8. The highest BCUT2D eigenvalue weighted by atomic mass is 16.2. The number of carbonyl (C=O) groups is 1. The van der Waals surface area contributed by atoms with Crippen LogP contribution in [-0.4, -0.2) is 44.1 Å². The molecule has 1 fully saturated rings. The standard InChI is InChI=1S/C27H37N5O/c1-6-11-30-15-20(26(33)29-18(2)31-12-10-28-17-31)13-22-21-8-7-9-23-25(21)19(14-24(22)30)16-32(23)27(3,4)5/h7-10,12,16-18,20,22,24H,6,11,13-15H2,1-5H3,(H,29,33)/t18?,20-,22?,24-/m1/s1. The summed E-state index contributed by atoms with van der Waals surface area (Å²) >= 11 is 0. The zero-order valence-electron chi connectivity index (χ0n) is 20.6. The third kappa shape index (κ3) is 3.88. The summed E-state index contributed by atoms with van der Waals surface area (Å²) in [4.78, 5) is 20.1. The summed E-state index contributed by atoms with van der Waals surface area (Å²) in [5, 5.41) is 4.66. The highest BCUT2D eigenvalue weighted by Crippen LogP contribution is 2.46. The molecule has 4 atom stereocenters. The minimum atomic E-state index is -0.0976. The number of fused-ring (bicyclic) bond motifs is 2. The van der Waals surface area contributed by atoms with E-state index in [1.54, 1.807) is 12.5 Å². The van der Waals surface area contributed by atoms with Crippen LogP contribution < -0.4 is 5.32 Å². The SMILES string of the molecule is CCCN1C[C@H](C(=O)NC(C)n2ccnc2)CC2c3cccc4c3c(cn4C(C)(C)C)C[C@H]21. The topological polar surface area (TPSA) is 55.1 Å². The van der Waals surface area contributed by atoms with Crippen molar-refractivity contribution >= 4 is 16.8 Å². The summed E-state index contributed by atoms with van der Waals surface area (Å²) < 4.78 is 4.38. The average Bonchev–Trinajstić information content (AvgIpc) is 3.43. The lowest BCUT2D eigenvalue weighted by Crippen LogP contribution is -2.53. The molecule has 1 N–H and O–H groups in total. The van der Waals surface area contributed by atoms with E-state index in [0.29, 0.717) is 12.0 Å². The van der Waals surface area contributed by atoms with Gasteiger partial charge in [0, 0.05) is 53.5 Å². The molecule has 1 amide bonds. The molecule has 1 aliphatic carbocycles. The van der Waals surface area contributed by atoms with Crippen molar-refractivity contribution in [1.29, 1.82) is 0 Å². The summed E-state index contributed by atoms with van der Waals surface area (Å²) in [5.74, 6) is 0.530. The predicted molar refractivity (Wildman–Crippen MR) is 132 cm³/mol. The Hall–Kier alpha value is -2.60. The smallest absolute Gasteiger partial charge is 0.226 e. The Labute approximate surface area is 197 Å². The van der Waals surface area contributed by atoms with Gasteiger partial charge in [-0.3, -0.25) is 9.69 Å². The maximum absolute atomic E-state index is 13.4. The lowest BCUT2D eigenvalue weighted by Gasteiger charge is -2.46. The van der Waals surface area contributed by atoms with Crippen molar-refractivity contribution in [2.45, 2.75) is 77.5 Å². The van der Waals surface area contributed by atoms with Gasteiger partial charge in [0.1, 0.15) is 6.17 Å². The number of rotatable bonds is 5. The van der Waals surface area contributed by atoms with Gasteiger partial charge in [-0.15, -0.1) is 0 Å². The molecule has 1 aliphatic heterocycles. The van der Waals surface area contributed by atoms with Gasteiger partial charge in [-0.2, -0.15) is 0 Å². The third-order valence-corrected chi connectivity index (χ3v) is 7.62. The van der Waals surface area contributed by atoms with Crippen LogP contribution in [0.15, 0.2) is 43.1 Å². The zero-order chi connectivity index (χ0) is 23.3. The third-order valence-electron chi connectivity index (χ3n) is 7.62. The molecule has 5 rings (SSSR count). The minimum absolute atomic E-state index is 0.00900. The van der Waals surface area contributed by atoms with E-state index in [0.717, 1.165) is 32.4 Å². The molecule has 6 heteroatoms. The van der Waals surface area contributed by atoms with Gasteiger partial charge < -0.3 is 14.5 Å². The molecule has 176 valence electrons. The van der Waals surface area contributed by atoms with Crippen molar-refractivity contribution in [1.82, 2.24) is 24.3 Å². The number of likely N-dealkylation sites (tertiary alicyclic amines) is 1. The number of aromatic nitrogens is 3. The fourth-order valence-electron chi connectivity index (χ4n) is 6.09. The van der Waals surface area contributed by atoms with Gasteiger partial charge in [-0.1, -0.05) is 19.1 Å². The molecule has 0 saturated carbocycles. The molecule has 3 aromatic rings. The zero-order valence-corrected chi connectivity index (χ0v) is 20.6. The van der Waals surface area contributed by atoms with E-state index in [2.05, 4.69) is 71.9 Å². The molecule has 0 radical (unpaired) electrons. The van der Waals surface area contributed by atoms with Crippen LogP contribution in [0.3, 0.4) is 0 Å². The molecular formula is C27H37N5O. The van der Waals surface area contributed by atoms with Crippen LogP contribution in [-0.2, 0) is 16.8 Å². The molecule has 2 unspecified atom stereocenters. The number of carbonyl (C=O) groups excluding carboxylic acids is 1. The van der Waals surface area contributed by atoms with Crippen LogP contribution in [0.2, 0.25) is 0 Å². The van der Waals surface area contributed by atoms with Crippen LogP contribution in [0.1, 0.15) is 70.7 Å². The van der Waals surface area contributed by atoms with Gasteiger partial charge in [-0.25, -0.2) is 4.98 Å². The summed E-state index contributed by atoms with van der Waals surface area (Å²) in [7, 11) is 0. The van der Waals surface area contributed by atoms with Crippen LogP contribution in [0, 0.1) is 5.92 Å². The average molecular weight is 448 g/mol. The van der Waals surface area contributed by atoms with Gasteiger partial charge in [0.2, 0.25) is 5.91 Å². The van der Waals surface area contributed by atoms with Gasteiger partial charge in [-0.05, 0) is 70.7 Å². The maximum atomic E-state index is 13.4. The number of hydrogen-bond acceptors (Lipinski definition) is 3. The normalized spacial score (nSPS) is 24.0. The second kappa shape index (κ2) is 8.32. The summed E-state index contributed by atoms with van der Waals surface area (Å²) in [6, 6.07) is 7.25. The first-order valence-electron chi connectivity index (χ1n) is 12.4. The van der Waals surface area contributed by atoms with Crippen molar-refractivity contribution in [3.63, 3.8) is 0 Å². The molecule has 0 spiro atoms. The fourth-order valence-corrected chi connectivity index (χ4v) is 6.09. The number of benzene rings is 1. The number of nitrogens with one attached hydrogen (secondary N) is 1. The monoisotopic (exact) mass is 447 g/mol. The predicted octanol–water partition coefficient (Wildman–Crippen LogP) is 4.67. The second-order valence-electron chi connectivity index (χ2n) is 10.9. The number of hydrogen-bond donors (Lipinski definition) is 1. The van der Waals surface area contributed by atoms with Gasteiger partial charge >= 0.3 is 0 Å². The lowest BCUT2D eigenvalue weighted by atomic mass is 9.72. The number of amides is 1. The molecule has 3 heterocycles. The van der Waals surface area contributed by atoms with Crippen molar-refractivity contribution in [2.24, 2.45) is 5.92 Å². The minimum Gasteiger partial charge on any atom is -0.342 e. The molecule has 1 saturated heterocycles. The first-order chi connectivity index (χ1) is 15.8. The second-order valence-corrected chi connectivity index (χ2v) is 10.9. The number of imidazole rings is 1. The molecular weight excluding hydrogens is 410 g/mol. The van der Waals surface area contributed by atoms with Crippen molar-refractivity contribution in [2.75, 3.05) is 13.1 Å². The number of nitrogens with zero attached hydrogens (tertiary/aromatic N) is 4. The Morgan fingerprint density at radius 3 is 2.82 bits per heavy atom. The van der Waals surface area contributed by atoms with E-state index >= 15 is 0 Å². The summed E-state index contributed by atoms with van der Waals surface area (Å²) in [6.45, 7) is 13.0. The van der Waals surface area contributed by atoms with Crippen LogP contribution in [0.5, 0.6) is 0 Å². The van der Waals surface area contributed by atoms with E-state index in [1.165, 1.54) is 22.0 Å². The van der Waals surface area contributed by atoms with E-state index in [4.69, 9.17) is 0 Å². The Kier molecular flexibility index (Phi) is 5.60. The quantitative estimate of drug-likeness (QED) is 0.618. The Morgan fingerprint density at radius 2 is 2.12 bits per heavy atom. The highest BCUT2D eigenvalue weighted by molar-refractivity contribution is 5.89. The van der Waals surface area contributed by atoms with Gasteiger partial charge in [0.25, 0.3) is 0 Å². The van der Waals surface area contributed by atoms with Crippen LogP contribution >= 0.6 is 0 Å². The largest absolute Gasteiger partial charge is 0.342 e. The molecule has 33 heavy (non-hydrogen) atoms. The highest BCUT2D eigenvalue weighted by Gasteiger charge is 2.43. The summed E-state index contributed by atoms with van der Waals surface area (Å²) in [5.41, 5.74) is 4.27. The van der Waals surface area contributed by atoms with E-state index < -0.39 is 0 Å². The van der Waals surface area contributed by atoms with Crippen molar-refractivity contribution in [3.05, 3.63) is 54.2 Å². The first-order valence-corrected chi connectivity index (χ1v) is 12.4. The van der Waals surface area contributed by atoms with E-state index in [9.17, 15) is 4.79 Å². The van der Waals surface area contributed by atoms with Gasteiger partial charge in [0.15, 0.2) is 0 Å². The fraction of sp³-hybridized carbons (Fsp3) is 0.556. The van der Waals surface area contributed by atoms with Crippen LogP contribution in [0.25, 0.3) is 10.9 Å². The van der Waals surface area contributed by atoms with Crippen molar-refractivity contribution < 1.29 is 4.79 Å². The molecule has 1 aromatic carbocycles. The van der Waals surface area contributed by atoms with Gasteiger partial charge in [0.05, 0.1) is 12.2 Å². The van der Waals surface area contributed by atoms with E-state index in [1.807, 2.05) is 17.7 Å². The van der Waals surface area contributed by atoms with Crippen LogP contribution in [0.4, 0.5) is 0 Å². The Bertz CT molecular complexity index is 1140. The van der Waals surface area contributed by atoms with Crippen molar-refractivity contribution in [3.8, 4) is 0 Å². The first kappa shape index (κ1) is 22.2. The lowest BCUT2D eigenvalue weighted by molar-refractivity contribution is -0.129. The molecule has 6 nitrogen and oxygen atoms in total. The number of piperidine rings is 1. The molecule has 0 bridgehead atoms. The Morgan fingerprint density at radius 1 is 1.30 bits per heavy atom. The molecule has 2 aromatic heterocycles.